The molecule has 0 N–H and O–H groups in total. The van der Waals surface area contributed by atoms with E-state index in [1.165, 1.54) is 23.3 Å². The first-order chi connectivity index (χ1) is 13.7. The van der Waals surface area contributed by atoms with Crippen molar-refractivity contribution in [2.45, 2.75) is 11.8 Å². The van der Waals surface area contributed by atoms with Crippen LogP contribution in [-0.4, -0.2) is 0 Å². The van der Waals surface area contributed by atoms with Crippen LogP contribution in [0, 0.1) is 5.82 Å². The number of benzene rings is 4. The number of rotatable bonds is 5. The summed E-state index contributed by atoms with van der Waals surface area (Å²) >= 11 is 6.34. The maximum Gasteiger partial charge on any atom is 0.123 e. The fourth-order valence-electron chi connectivity index (χ4n) is 3.85. The summed E-state index contributed by atoms with van der Waals surface area (Å²) in [6.07, 6.45) is 0. The molecule has 0 saturated carbocycles. The monoisotopic (exact) mass is 386 g/mol. The average Bonchev–Trinajstić information content (AvgIpc) is 2.74. The molecule has 0 aliphatic carbocycles. The van der Waals surface area contributed by atoms with Gasteiger partial charge in [-0.1, -0.05) is 96.5 Å². The molecule has 0 heterocycles. The van der Waals surface area contributed by atoms with Crippen LogP contribution in [0.4, 0.5) is 4.39 Å². The Morgan fingerprint density at radius 3 is 1.50 bits per heavy atom. The van der Waals surface area contributed by atoms with Crippen LogP contribution in [0.1, 0.15) is 34.1 Å². The Balaban J connectivity index is 1.94. The molecular weight excluding hydrogens is 367 g/mol. The van der Waals surface area contributed by atoms with Crippen LogP contribution in [0.2, 0.25) is 5.02 Å². The third-order valence-corrected chi connectivity index (χ3v) is 5.32. The summed E-state index contributed by atoms with van der Waals surface area (Å²) in [7, 11) is 0. The Morgan fingerprint density at radius 1 is 0.500 bits per heavy atom. The van der Waals surface area contributed by atoms with E-state index in [-0.39, 0.29) is 17.7 Å². The molecule has 0 fully saturated rings. The molecule has 0 nitrogen and oxygen atoms in total. The minimum atomic E-state index is -0.232. The highest BCUT2D eigenvalue weighted by atomic mass is 35.5. The zero-order valence-electron chi connectivity index (χ0n) is 15.3. The van der Waals surface area contributed by atoms with E-state index < -0.39 is 0 Å². The predicted molar refractivity (Wildman–Crippen MR) is 114 cm³/mol. The maximum atomic E-state index is 13.6. The molecule has 1 unspecified atom stereocenters. The first kappa shape index (κ1) is 18.5. The minimum absolute atomic E-state index is 0.00380. The topological polar surface area (TPSA) is 0 Å². The molecule has 1 atom stereocenters. The molecule has 0 spiro atoms. The molecule has 28 heavy (non-hydrogen) atoms. The van der Waals surface area contributed by atoms with E-state index >= 15 is 0 Å². The summed E-state index contributed by atoms with van der Waals surface area (Å²) in [4.78, 5) is 0. The van der Waals surface area contributed by atoms with E-state index in [9.17, 15) is 4.39 Å². The molecule has 4 rings (SSSR count). The normalized spacial score (nSPS) is 12.1. The van der Waals surface area contributed by atoms with Crippen LogP contribution in [0.15, 0.2) is 109 Å². The summed E-state index contributed by atoms with van der Waals surface area (Å²) in [6, 6.07) is 35.7. The van der Waals surface area contributed by atoms with Crippen molar-refractivity contribution in [3.8, 4) is 0 Å². The smallest absolute Gasteiger partial charge is 0.123 e. The zero-order valence-corrected chi connectivity index (χ0v) is 16.1. The van der Waals surface area contributed by atoms with Crippen molar-refractivity contribution in [2.75, 3.05) is 0 Å². The Kier molecular flexibility index (Phi) is 5.55. The first-order valence-electron chi connectivity index (χ1n) is 9.33. The van der Waals surface area contributed by atoms with Crippen LogP contribution >= 0.6 is 11.6 Å². The van der Waals surface area contributed by atoms with Gasteiger partial charge in [0, 0.05) is 16.9 Å². The average molecular weight is 387 g/mol. The van der Waals surface area contributed by atoms with Gasteiger partial charge in [-0.2, -0.15) is 0 Å². The van der Waals surface area contributed by atoms with E-state index in [0.29, 0.717) is 5.02 Å². The van der Waals surface area contributed by atoms with Crippen LogP contribution in [0.3, 0.4) is 0 Å². The second kappa shape index (κ2) is 8.41. The van der Waals surface area contributed by atoms with E-state index in [2.05, 4.69) is 54.6 Å². The first-order valence-corrected chi connectivity index (χ1v) is 9.71. The highest BCUT2D eigenvalue weighted by Crippen LogP contribution is 2.43. The molecule has 0 aliphatic rings. The predicted octanol–water partition coefficient (Wildman–Crippen LogP) is 7.44. The lowest BCUT2D eigenvalue weighted by Gasteiger charge is -2.29. The third-order valence-electron chi connectivity index (χ3n) is 5.09. The van der Waals surface area contributed by atoms with Crippen LogP contribution in [0.5, 0.6) is 0 Å². The van der Waals surface area contributed by atoms with E-state index in [4.69, 9.17) is 11.6 Å². The largest absolute Gasteiger partial charge is 0.207 e. The van der Waals surface area contributed by atoms with Gasteiger partial charge in [-0.15, -0.1) is 0 Å². The maximum absolute atomic E-state index is 13.6. The van der Waals surface area contributed by atoms with Crippen molar-refractivity contribution in [3.05, 3.63) is 142 Å². The molecule has 0 radical (unpaired) electrons. The Hall–Kier alpha value is -2.90. The molecular formula is C26H20ClF. The highest BCUT2D eigenvalue weighted by Gasteiger charge is 2.28. The molecule has 4 aromatic carbocycles. The van der Waals surface area contributed by atoms with Crippen molar-refractivity contribution < 1.29 is 4.39 Å². The summed E-state index contributed by atoms with van der Waals surface area (Å²) in [5.74, 6) is -0.153. The lowest BCUT2D eigenvalue weighted by atomic mass is 9.74. The number of halogens is 2. The SMILES string of the molecule is Fc1ccc(C(c2cccc(Cl)c2)C(c2ccccc2)c2ccccc2)cc1. The molecule has 138 valence electrons. The lowest BCUT2D eigenvalue weighted by Crippen LogP contribution is -2.15. The summed E-state index contributed by atoms with van der Waals surface area (Å²) in [5.41, 5.74) is 4.59. The zero-order chi connectivity index (χ0) is 19.3. The fraction of sp³-hybridized carbons (Fsp3) is 0.0769. The Morgan fingerprint density at radius 2 is 0.964 bits per heavy atom. The molecule has 0 bridgehead atoms. The molecule has 0 saturated heterocycles. The molecule has 2 heteroatoms. The van der Waals surface area contributed by atoms with Gasteiger partial charge in [0.25, 0.3) is 0 Å². The van der Waals surface area contributed by atoms with Gasteiger partial charge in [0.2, 0.25) is 0 Å². The van der Waals surface area contributed by atoms with Crippen molar-refractivity contribution >= 4 is 11.6 Å². The van der Waals surface area contributed by atoms with Crippen molar-refractivity contribution in [3.63, 3.8) is 0 Å². The molecule has 4 aromatic rings. The van der Waals surface area contributed by atoms with Gasteiger partial charge < -0.3 is 0 Å². The Bertz CT molecular complexity index is 987. The van der Waals surface area contributed by atoms with E-state index in [1.54, 1.807) is 0 Å². The van der Waals surface area contributed by atoms with Gasteiger partial charge >= 0.3 is 0 Å². The summed E-state index contributed by atoms with van der Waals surface area (Å²) in [5, 5.41) is 0.699. The highest BCUT2D eigenvalue weighted by molar-refractivity contribution is 6.30. The second-order valence-electron chi connectivity index (χ2n) is 6.88. The number of hydrogen-bond acceptors (Lipinski definition) is 0. The lowest BCUT2D eigenvalue weighted by molar-refractivity contribution is 0.624. The van der Waals surface area contributed by atoms with Gasteiger partial charge in [-0.25, -0.2) is 4.39 Å². The van der Waals surface area contributed by atoms with Crippen molar-refractivity contribution in [1.29, 1.82) is 0 Å². The van der Waals surface area contributed by atoms with Gasteiger partial charge in [0.05, 0.1) is 0 Å². The Labute approximate surface area is 170 Å². The third kappa shape index (κ3) is 4.00. The van der Waals surface area contributed by atoms with Gasteiger partial charge in [0.15, 0.2) is 0 Å². The molecule has 0 amide bonds. The molecule has 0 aliphatic heterocycles. The standard InChI is InChI=1S/C26H20ClF/c27-23-13-7-12-22(18-23)26(21-14-16-24(28)17-15-21)25(19-8-3-1-4-9-19)20-10-5-2-6-11-20/h1-18,25-26H. The quantitative estimate of drug-likeness (QED) is 0.334. The van der Waals surface area contributed by atoms with Crippen molar-refractivity contribution in [2.24, 2.45) is 0 Å². The van der Waals surface area contributed by atoms with E-state index in [0.717, 1.165) is 11.1 Å². The van der Waals surface area contributed by atoms with Crippen LogP contribution in [0.25, 0.3) is 0 Å². The minimum Gasteiger partial charge on any atom is -0.207 e. The van der Waals surface area contributed by atoms with Gasteiger partial charge in [0.1, 0.15) is 5.82 Å². The van der Waals surface area contributed by atoms with Gasteiger partial charge in [-0.3, -0.25) is 0 Å². The molecule has 0 aromatic heterocycles. The van der Waals surface area contributed by atoms with Crippen LogP contribution in [-0.2, 0) is 0 Å². The fourth-order valence-corrected chi connectivity index (χ4v) is 4.04. The summed E-state index contributed by atoms with van der Waals surface area (Å²) < 4.78 is 13.6. The summed E-state index contributed by atoms with van der Waals surface area (Å²) in [6.45, 7) is 0. The number of hydrogen-bond donors (Lipinski definition) is 0. The van der Waals surface area contributed by atoms with E-state index in [1.807, 2.05) is 42.5 Å². The van der Waals surface area contributed by atoms with Crippen molar-refractivity contribution in [1.82, 2.24) is 0 Å². The van der Waals surface area contributed by atoms with Crippen LogP contribution < -0.4 is 0 Å². The second-order valence-corrected chi connectivity index (χ2v) is 7.32. The van der Waals surface area contributed by atoms with Gasteiger partial charge in [-0.05, 0) is 46.5 Å².